The van der Waals surface area contributed by atoms with Crippen LogP contribution in [0.2, 0.25) is 0 Å². The molecule has 2 rings (SSSR count). The number of nitro groups is 1. The molecule has 0 unspecified atom stereocenters. The minimum Gasteiger partial charge on any atom is -0.364 e. The molecule has 114 valence electrons. The molecular weight excluding hydrogens is 276 g/mol. The van der Waals surface area contributed by atoms with E-state index in [1.165, 1.54) is 6.33 Å². The molecule has 0 aromatic carbocycles. The minimum atomic E-state index is -0.525. The predicted octanol–water partition coefficient (Wildman–Crippen LogP) is 0.755. The Bertz CT molecular complexity index is 532. The van der Waals surface area contributed by atoms with Crippen LogP contribution in [0.5, 0.6) is 0 Å². The van der Waals surface area contributed by atoms with Gasteiger partial charge in [-0.15, -0.1) is 0 Å². The molecule has 1 aliphatic carbocycles. The third kappa shape index (κ3) is 4.01. The first-order valence-corrected chi connectivity index (χ1v) is 6.88. The molecule has 0 spiro atoms. The Kier molecular flexibility index (Phi) is 4.85. The first-order chi connectivity index (χ1) is 10.1. The molecule has 0 radical (unpaired) electrons. The second-order valence-corrected chi connectivity index (χ2v) is 4.70. The Balaban J connectivity index is 1.93. The molecular formula is C12H18N6O3. The van der Waals surface area contributed by atoms with Crippen LogP contribution in [0.25, 0.3) is 0 Å². The van der Waals surface area contributed by atoms with Crippen molar-refractivity contribution in [3.05, 3.63) is 16.4 Å². The smallest absolute Gasteiger partial charge is 0.353 e. The van der Waals surface area contributed by atoms with Gasteiger partial charge in [0.15, 0.2) is 0 Å². The maximum atomic E-state index is 11.4. The van der Waals surface area contributed by atoms with Gasteiger partial charge < -0.3 is 16.0 Å². The molecule has 9 nitrogen and oxygen atoms in total. The monoisotopic (exact) mass is 294 g/mol. The summed E-state index contributed by atoms with van der Waals surface area (Å²) in [7, 11) is 0. The van der Waals surface area contributed by atoms with Crippen LogP contribution < -0.4 is 16.0 Å². The zero-order valence-electron chi connectivity index (χ0n) is 11.8. The fourth-order valence-electron chi connectivity index (χ4n) is 1.83. The minimum absolute atomic E-state index is 0.0438. The summed E-state index contributed by atoms with van der Waals surface area (Å²) in [6, 6.07) is 0. The van der Waals surface area contributed by atoms with Crippen LogP contribution in [0.3, 0.4) is 0 Å². The Morgan fingerprint density at radius 2 is 2.00 bits per heavy atom. The number of aromatic nitrogens is 2. The van der Waals surface area contributed by atoms with E-state index < -0.39 is 4.92 Å². The van der Waals surface area contributed by atoms with E-state index in [9.17, 15) is 14.9 Å². The highest BCUT2D eigenvalue weighted by Gasteiger charge is 2.29. The zero-order chi connectivity index (χ0) is 15.2. The van der Waals surface area contributed by atoms with Gasteiger partial charge in [0.05, 0.1) is 4.92 Å². The van der Waals surface area contributed by atoms with E-state index in [1.807, 2.05) is 6.92 Å². The Morgan fingerprint density at radius 3 is 2.57 bits per heavy atom. The number of carbonyl (C=O) groups is 1. The topological polar surface area (TPSA) is 122 Å². The lowest BCUT2D eigenvalue weighted by Gasteiger charge is -2.09. The van der Waals surface area contributed by atoms with Crippen molar-refractivity contribution >= 4 is 23.2 Å². The summed E-state index contributed by atoms with van der Waals surface area (Å²) in [5.41, 5.74) is -0.187. The third-order valence-electron chi connectivity index (χ3n) is 3.01. The predicted molar refractivity (Wildman–Crippen MR) is 77.1 cm³/mol. The first-order valence-electron chi connectivity index (χ1n) is 6.88. The van der Waals surface area contributed by atoms with Gasteiger partial charge in [-0.25, -0.2) is 9.97 Å². The van der Waals surface area contributed by atoms with E-state index in [-0.39, 0.29) is 29.1 Å². The van der Waals surface area contributed by atoms with Crippen LogP contribution in [0.15, 0.2) is 6.33 Å². The number of hydrogen-bond donors (Lipinski definition) is 3. The fourth-order valence-corrected chi connectivity index (χ4v) is 1.83. The largest absolute Gasteiger partial charge is 0.364 e. The molecule has 0 aliphatic heterocycles. The molecule has 3 N–H and O–H groups in total. The molecule has 0 saturated heterocycles. The Morgan fingerprint density at radius 1 is 1.33 bits per heavy atom. The molecule has 21 heavy (non-hydrogen) atoms. The van der Waals surface area contributed by atoms with E-state index in [0.717, 1.165) is 12.8 Å². The van der Waals surface area contributed by atoms with Crippen molar-refractivity contribution in [3.8, 4) is 0 Å². The van der Waals surface area contributed by atoms with Gasteiger partial charge in [-0.2, -0.15) is 0 Å². The van der Waals surface area contributed by atoms with E-state index in [4.69, 9.17) is 0 Å². The number of rotatable bonds is 8. The SMILES string of the molecule is CCNc1ncnc(NCCNC(=O)C2CC2)c1[N+](=O)[O-]. The van der Waals surface area contributed by atoms with Crippen molar-refractivity contribution in [1.29, 1.82) is 0 Å². The van der Waals surface area contributed by atoms with E-state index in [2.05, 4.69) is 25.9 Å². The molecule has 1 saturated carbocycles. The molecule has 1 aliphatic rings. The van der Waals surface area contributed by atoms with E-state index in [0.29, 0.717) is 19.6 Å². The van der Waals surface area contributed by atoms with Crippen molar-refractivity contribution < 1.29 is 9.72 Å². The van der Waals surface area contributed by atoms with Crippen LogP contribution in [0.4, 0.5) is 17.3 Å². The van der Waals surface area contributed by atoms with Crippen LogP contribution in [-0.2, 0) is 4.79 Å². The highest BCUT2D eigenvalue weighted by atomic mass is 16.6. The van der Waals surface area contributed by atoms with Gasteiger partial charge in [-0.1, -0.05) is 0 Å². The lowest BCUT2D eigenvalue weighted by molar-refractivity contribution is -0.383. The summed E-state index contributed by atoms with van der Waals surface area (Å²) < 4.78 is 0. The van der Waals surface area contributed by atoms with Crippen molar-refractivity contribution in [2.75, 3.05) is 30.3 Å². The summed E-state index contributed by atoms with van der Waals surface area (Å²) in [5.74, 6) is 0.523. The van der Waals surface area contributed by atoms with Crippen molar-refractivity contribution in [2.45, 2.75) is 19.8 Å². The second-order valence-electron chi connectivity index (χ2n) is 4.70. The summed E-state index contributed by atoms with van der Waals surface area (Å²) >= 11 is 0. The number of nitrogens with one attached hydrogen (secondary N) is 3. The molecule has 0 atom stereocenters. The quantitative estimate of drug-likeness (QED) is 0.367. The highest BCUT2D eigenvalue weighted by Crippen LogP contribution is 2.29. The molecule has 9 heteroatoms. The molecule has 1 heterocycles. The Labute approximate surface area is 121 Å². The molecule has 1 aromatic rings. The van der Waals surface area contributed by atoms with Crippen LogP contribution >= 0.6 is 0 Å². The Hall–Kier alpha value is -2.45. The molecule has 1 amide bonds. The van der Waals surface area contributed by atoms with Gasteiger partial charge >= 0.3 is 5.69 Å². The second kappa shape index (κ2) is 6.82. The standard InChI is InChI=1S/C12H18N6O3/c1-2-13-10-9(18(20)21)11(17-7-16-10)14-5-6-15-12(19)8-3-4-8/h7-8H,2-6H2,1H3,(H,15,19)(H2,13,14,16,17). The van der Waals surface area contributed by atoms with Crippen LogP contribution in [0, 0.1) is 16.0 Å². The normalized spacial score (nSPS) is 13.6. The third-order valence-corrected chi connectivity index (χ3v) is 3.01. The molecule has 1 fully saturated rings. The van der Waals surface area contributed by atoms with E-state index >= 15 is 0 Å². The van der Waals surface area contributed by atoms with Gasteiger partial charge in [0.25, 0.3) is 0 Å². The summed E-state index contributed by atoms with van der Waals surface area (Å²) in [6.07, 6.45) is 3.15. The van der Waals surface area contributed by atoms with E-state index in [1.54, 1.807) is 0 Å². The summed E-state index contributed by atoms with van der Waals surface area (Å²) in [4.78, 5) is 29.8. The molecule has 1 aromatic heterocycles. The number of carbonyl (C=O) groups excluding carboxylic acids is 1. The summed E-state index contributed by atoms with van der Waals surface area (Å²) in [5, 5.41) is 19.6. The van der Waals surface area contributed by atoms with Gasteiger partial charge in [-0.05, 0) is 19.8 Å². The maximum Gasteiger partial charge on any atom is 0.353 e. The number of anilines is 2. The van der Waals surface area contributed by atoms with Crippen molar-refractivity contribution in [2.24, 2.45) is 5.92 Å². The van der Waals surface area contributed by atoms with Gasteiger partial charge in [0.2, 0.25) is 17.5 Å². The van der Waals surface area contributed by atoms with Crippen molar-refractivity contribution in [1.82, 2.24) is 15.3 Å². The maximum absolute atomic E-state index is 11.4. The highest BCUT2D eigenvalue weighted by molar-refractivity contribution is 5.80. The van der Waals surface area contributed by atoms with Gasteiger partial charge in [-0.3, -0.25) is 14.9 Å². The van der Waals surface area contributed by atoms with Crippen LogP contribution in [-0.4, -0.2) is 40.4 Å². The summed E-state index contributed by atoms with van der Waals surface area (Å²) in [6.45, 7) is 3.11. The van der Waals surface area contributed by atoms with Gasteiger partial charge in [0.1, 0.15) is 6.33 Å². The lowest BCUT2D eigenvalue weighted by atomic mass is 10.4. The fraction of sp³-hybridized carbons (Fsp3) is 0.583. The first kappa shape index (κ1) is 14.9. The number of hydrogen-bond acceptors (Lipinski definition) is 7. The van der Waals surface area contributed by atoms with Crippen molar-refractivity contribution in [3.63, 3.8) is 0 Å². The average molecular weight is 294 g/mol. The number of amides is 1. The van der Waals surface area contributed by atoms with Gasteiger partial charge in [0, 0.05) is 25.6 Å². The number of nitrogens with zero attached hydrogens (tertiary/aromatic N) is 3. The average Bonchev–Trinajstić information content (AvgIpc) is 3.28. The zero-order valence-corrected chi connectivity index (χ0v) is 11.8. The lowest BCUT2D eigenvalue weighted by Crippen LogP contribution is -2.30. The van der Waals surface area contributed by atoms with Crippen LogP contribution in [0.1, 0.15) is 19.8 Å². The molecule has 0 bridgehead atoms.